The highest BCUT2D eigenvalue weighted by molar-refractivity contribution is 5.77. The first-order valence-electron chi connectivity index (χ1n) is 8.00. The summed E-state index contributed by atoms with van der Waals surface area (Å²) in [5, 5.41) is 12.0. The number of nitrogens with one attached hydrogen (secondary N) is 1. The molecule has 0 aliphatic carbocycles. The molecule has 0 saturated heterocycles. The van der Waals surface area contributed by atoms with Gasteiger partial charge < -0.3 is 15.2 Å². The molecule has 1 amide bonds. The number of ether oxygens (including phenoxy) is 1. The summed E-state index contributed by atoms with van der Waals surface area (Å²) in [4.78, 5) is 11.8. The van der Waals surface area contributed by atoms with Crippen LogP contribution in [-0.4, -0.2) is 30.8 Å². The van der Waals surface area contributed by atoms with Crippen molar-refractivity contribution in [3.63, 3.8) is 0 Å². The molecule has 0 saturated carbocycles. The third kappa shape index (κ3) is 5.66. The second-order valence-corrected chi connectivity index (χ2v) is 5.48. The van der Waals surface area contributed by atoms with E-state index in [4.69, 9.17) is 4.74 Å². The number of amides is 1. The quantitative estimate of drug-likeness (QED) is 0.743. The van der Waals surface area contributed by atoms with Crippen LogP contribution in [0.15, 0.2) is 54.6 Å². The van der Waals surface area contributed by atoms with E-state index in [1.807, 2.05) is 30.3 Å². The maximum absolute atomic E-state index is 13.4. The first-order chi connectivity index (χ1) is 11.7. The fourth-order valence-electron chi connectivity index (χ4n) is 2.50. The van der Waals surface area contributed by atoms with Crippen molar-refractivity contribution in [2.45, 2.75) is 18.8 Å². The average Bonchev–Trinajstić information content (AvgIpc) is 2.61. The third-order valence-corrected chi connectivity index (χ3v) is 3.76. The lowest BCUT2D eigenvalue weighted by Gasteiger charge is -2.16. The number of halogens is 1. The van der Waals surface area contributed by atoms with Crippen molar-refractivity contribution in [1.82, 2.24) is 5.32 Å². The summed E-state index contributed by atoms with van der Waals surface area (Å²) in [5.41, 5.74) is 1.14. The lowest BCUT2D eigenvalue weighted by atomic mass is 9.93. The van der Waals surface area contributed by atoms with Gasteiger partial charge in [0.15, 0.2) is 18.2 Å². The Kier molecular flexibility index (Phi) is 7.23. The van der Waals surface area contributed by atoms with Crippen molar-refractivity contribution in [3.8, 4) is 5.75 Å². The fraction of sp³-hybridized carbons (Fsp3) is 0.316. The number of para-hydroxylation sites is 1. The maximum Gasteiger partial charge on any atom is 0.257 e. The van der Waals surface area contributed by atoms with Crippen molar-refractivity contribution in [3.05, 3.63) is 66.0 Å². The van der Waals surface area contributed by atoms with Gasteiger partial charge in [-0.25, -0.2) is 4.39 Å². The smallest absolute Gasteiger partial charge is 0.257 e. The Morgan fingerprint density at radius 3 is 2.50 bits per heavy atom. The molecule has 0 radical (unpaired) electrons. The van der Waals surface area contributed by atoms with E-state index in [2.05, 4.69) is 5.32 Å². The molecule has 24 heavy (non-hydrogen) atoms. The van der Waals surface area contributed by atoms with Crippen LogP contribution in [0.5, 0.6) is 5.75 Å². The molecule has 2 aromatic rings. The lowest BCUT2D eigenvalue weighted by molar-refractivity contribution is -0.123. The molecule has 0 fully saturated rings. The van der Waals surface area contributed by atoms with Crippen LogP contribution in [0.1, 0.15) is 24.3 Å². The second-order valence-electron chi connectivity index (χ2n) is 5.48. The second kappa shape index (κ2) is 9.67. The van der Waals surface area contributed by atoms with Gasteiger partial charge in [0.05, 0.1) is 0 Å². The van der Waals surface area contributed by atoms with Crippen LogP contribution < -0.4 is 10.1 Å². The molecule has 0 aliphatic heterocycles. The van der Waals surface area contributed by atoms with E-state index in [-0.39, 0.29) is 30.8 Å². The number of hydrogen-bond acceptors (Lipinski definition) is 3. The lowest BCUT2D eigenvalue weighted by Crippen LogP contribution is -2.30. The Hall–Kier alpha value is -2.40. The third-order valence-electron chi connectivity index (χ3n) is 3.76. The summed E-state index contributed by atoms with van der Waals surface area (Å²) >= 11 is 0. The molecule has 0 aliphatic rings. The van der Waals surface area contributed by atoms with E-state index in [1.54, 1.807) is 12.1 Å². The SMILES string of the molecule is O=C(COc1ccccc1F)NCCC(CCO)c1ccccc1. The normalized spacial score (nSPS) is 11.8. The summed E-state index contributed by atoms with van der Waals surface area (Å²) in [6.07, 6.45) is 1.36. The van der Waals surface area contributed by atoms with Gasteiger partial charge in [-0.05, 0) is 36.5 Å². The van der Waals surface area contributed by atoms with E-state index in [0.29, 0.717) is 13.0 Å². The molecule has 2 N–H and O–H groups in total. The van der Waals surface area contributed by atoms with Gasteiger partial charge in [-0.3, -0.25) is 4.79 Å². The fourth-order valence-corrected chi connectivity index (χ4v) is 2.50. The highest BCUT2D eigenvalue weighted by Gasteiger charge is 2.12. The summed E-state index contributed by atoms with van der Waals surface area (Å²) in [6.45, 7) is 0.347. The highest BCUT2D eigenvalue weighted by Crippen LogP contribution is 2.22. The summed E-state index contributed by atoms with van der Waals surface area (Å²) in [6, 6.07) is 15.9. The van der Waals surface area contributed by atoms with Crippen LogP contribution in [0.2, 0.25) is 0 Å². The molecule has 1 atom stereocenters. The van der Waals surface area contributed by atoms with Crippen LogP contribution in [0.25, 0.3) is 0 Å². The number of aliphatic hydroxyl groups excluding tert-OH is 1. The Balaban J connectivity index is 1.75. The molecular weight excluding hydrogens is 309 g/mol. The number of benzene rings is 2. The minimum absolute atomic E-state index is 0.0649. The van der Waals surface area contributed by atoms with Gasteiger partial charge in [0.25, 0.3) is 5.91 Å². The van der Waals surface area contributed by atoms with Crippen LogP contribution in [0.3, 0.4) is 0 Å². The molecule has 5 heteroatoms. The van der Waals surface area contributed by atoms with E-state index < -0.39 is 5.82 Å². The number of aliphatic hydroxyl groups is 1. The average molecular weight is 331 g/mol. The van der Waals surface area contributed by atoms with Crippen molar-refractivity contribution in [2.24, 2.45) is 0 Å². The Morgan fingerprint density at radius 1 is 1.08 bits per heavy atom. The topological polar surface area (TPSA) is 58.6 Å². The molecule has 0 heterocycles. The zero-order valence-electron chi connectivity index (χ0n) is 13.5. The Bertz CT molecular complexity index is 634. The van der Waals surface area contributed by atoms with Gasteiger partial charge >= 0.3 is 0 Å². The molecule has 0 spiro atoms. The molecule has 0 bridgehead atoms. The van der Waals surface area contributed by atoms with Gasteiger partial charge in [0.1, 0.15) is 0 Å². The largest absolute Gasteiger partial charge is 0.481 e. The van der Waals surface area contributed by atoms with E-state index >= 15 is 0 Å². The van der Waals surface area contributed by atoms with Crippen molar-refractivity contribution < 1.29 is 19.0 Å². The van der Waals surface area contributed by atoms with E-state index in [0.717, 1.165) is 12.0 Å². The number of rotatable bonds is 9. The zero-order chi connectivity index (χ0) is 17.2. The zero-order valence-corrected chi connectivity index (χ0v) is 13.5. The van der Waals surface area contributed by atoms with Gasteiger partial charge in [0, 0.05) is 13.2 Å². The minimum atomic E-state index is -0.489. The molecular formula is C19H22FNO3. The molecule has 2 aromatic carbocycles. The maximum atomic E-state index is 13.4. The molecule has 128 valence electrons. The molecule has 2 rings (SSSR count). The summed E-state index contributed by atoms with van der Waals surface area (Å²) < 4.78 is 18.6. The standard InChI is InChI=1S/C19H22FNO3/c20-17-8-4-5-9-18(17)24-14-19(23)21-12-10-16(11-13-22)15-6-2-1-3-7-15/h1-9,16,22H,10-14H2,(H,21,23). The van der Waals surface area contributed by atoms with Crippen molar-refractivity contribution >= 4 is 5.91 Å². The minimum Gasteiger partial charge on any atom is -0.481 e. The van der Waals surface area contributed by atoms with Gasteiger partial charge in [-0.15, -0.1) is 0 Å². The van der Waals surface area contributed by atoms with Crippen LogP contribution in [-0.2, 0) is 4.79 Å². The summed E-state index contributed by atoms with van der Waals surface area (Å²) in [5.74, 6) is -0.537. The van der Waals surface area contributed by atoms with Gasteiger partial charge in [-0.1, -0.05) is 42.5 Å². The summed E-state index contributed by atoms with van der Waals surface area (Å²) in [7, 11) is 0. The molecule has 4 nitrogen and oxygen atoms in total. The first kappa shape index (κ1) is 17.9. The monoisotopic (exact) mass is 331 g/mol. The van der Waals surface area contributed by atoms with Gasteiger partial charge in [-0.2, -0.15) is 0 Å². The Labute approximate surface area is 141 Å². The Morgan fingerprint density at radius 2 is 1.79 bits per heavy atom. The molecule has 1 unspecified atom stereocenters. The van der Waals surface area contributed by atoms with E-state index in [1.165, 1.54) is 12.1 Å². The predicted octanol–water partition coefficient (Wildman–Crippen LogP) is 2.88. The first-order valence-corrected chi connectivity index (χ1v) is 8.00. The highest BCUT2D eigenvalue weighted by atomic mass is 19.1. The predicted molar refractivity (Wildman–Crippen MR) is 90.4 cm³/mol. The number of carbonyl (C=O) groups excluding carboxylic acids is 1. The van der Waals surface area contributed by atoms with Crippen molar-refractivity contribution in [2.75, 3.05) is 19.8 Å². The van der Waals surface area contributed by atoms with Crippen molar-refractivity contribution in [1.29, 1.82) is 0 Å². The van der Waals surface area contributed by atoms with E-state index in [9.17, 15) is 14.3 Å². The van der Waals surface area contributed by atoms with Gasteiger partial charge in [0.2, 0.25) is 0 Å². The molecule has 0 aromatic heterocycles. The number of hydrogen-bond donors (Lipinski definition) is 2. The van der Waals surface area contributed by atoms with Crippen LogP contribution in [0, 0.1) is 5.82 Å². The van der Waals surface area contributed by atoms with Crippen LogP contribution >= 0.6 is 0 Å². The number of carbonyl (C=O) groups is 1. The van der Waals surface area contributed by atoms with Crippen LogP contribution in [0.4, 0.5) is 4.39 Å².